The summed E-state index contributed by atoms with van der Waals surface area (Å²) in [6.07, 6.45) is 18.9. The van der Waals surface area contributed by atoms with Crippen molar-refractivity contribution in [1.29, 1.82) is 0 Å². The van der Waals surface area contributed by atoms with Crippen LogP contribution in [0.2, 0.25) is 0 Å². The summed E-state index contributed by atoms with van der Waals surface area (Å²) in [5, 5.41) is 2.69. The quantitative estimate of drug-likeness (QED) is 0.0448. The van der Waals surface area contributed by atoms with Gasteiger partial charge in [0.25, 0.3) is 0 Å². The van der Waals surface area contributed by atoms with Crippen LogP contribution in [0.5, 0.6) is 0 Å². The number of rotatable bonds is 24. The van der Waals surface area contributed by atoms with Gasteiger partial charge < -0.3 is 0 Å². The van der Waals surface area contributed by atoms with Crippen molar-refractivity contribution in [2.45, 2.75) is 130 Å². The van der Waals surface area contributed by atoms with Crippen LogP contribution in [-0.2, 0) is 9.59 Å². The van der Waals surface area contributed by atoms with Crippen molar-refractivity contribution in [2.24, 2.45) is 11.8 Å². The average Bonchev–Trinajstić information content (AvgIpc) is 4.15. The van der Waals surface area contributed by atoms with E-state index < -0.39 is 40.9 Å². The third-order valence-corrected chi connectivity index (χ3v) is 22.6. The van der Waals surface area contributed by atoms with Gasteiger partial charge in [0.15, 0.2) is 0 Å². The van der Waals surface area contributed by atoms with Gasteiger partial charge in [-0.25, -0.2) is 0 Å². The minimum absolute atomic E-state index is 0.0383. The van der Waals surface area contributed by atoms with Gasteiger partial charge in [-0.3, -0.25) is 0 Å². The maximum atomic E-state index is 15.6. The summed E-state index contributed by atoms with van der Waals surface area (Å²) in [6.45, 7) is 10.5. The van der Waals surface area contributed by atoms with Gasteiger partial charge in [-0.1, -0.05) is 26.7 Å². The zero-order chi connectivity index (χ0) is 43.0. The van der Waals surface area contributed by atoms with Crippen LogP contribution in [0.3, 0.4) is 0 Å². The first-order valence-corrected chi connectivity index (χ1v) is 30.0. The zero-order valence-corrected chi connectivity index (χ0v) is 43.6. The average molecular weight is 1090 g/mol. The Morgan fingerprint density at radius 1 is 0.468 bits per heavy atom. The Labute approximate surface area is 398 Å². The number of fused-ring (bicyclic) bond motifs is 3. The molecule has 4 nitrogen and oxygen atoms in total. The van der Waals surface area contributed by atoms with E-state index in [1.165, 1.54) is 85.9 Å². The van der Waals surface area contributed by atoms with Crippen molar-refractivity contribution in [3.8, 4) is 16.9 Å². The van der Waals surface area contributed by atoms with Gasteiger partial charge in [0, 0.05) is 0 Å². The number of amides is 2. The van der Waals surface area contributed by atoms with Gasteiger partial charge in [0.2, 0.25) is 0 Å². The first-order valence-electron chi connectivity index (χ1n) is 23.7. The van der Waals surface area contributed by atoms with E-state index in [0.29, 0.717) is 36.1 Å². The number of hydrogen-bond acceptors (Lipinski definition) is 4. The number of nitrogens with zero attached hydrogens (tertiary/aromatic N) is 2. The summed E-state index contributed by atoms with van der Waals surface area (Å²) < 4.78 is 5.87. The summed E-state index contributed by atoms with van der Waals surface area (Å²) >= 11 is 2.57. The molecule has 0 spiro atoms. The summed E-state index contributed by atoms with van der Waals surface area (Å²) in [5.74, 6) is 0.872. The number of hydrogen-bond donors (Lipinski definition) is 0. The summed E-state index contributed by atoms with van der Waals surface area (Å²) in [4.78, 5) is 40.1. The fourth-order valence-electron chi connectivity index (χ4n) is 9.53. The molecule has 8 rings (SSSR count). The van der Waals surface area contributed by atoms with Gasteiger partial charge in [-0.15, -0.1) is 0 Å². The molecule has 6 aromatic rings. The summed E-state index contributed by atoms with van der Waals surface area (Å²) in [6, 6.07) is 31.4. The monoisotopic (exact) mass is 1100 g/mol. The molecule has 0 fully saturated rings. The molecule has 326 valence electrons. The predicted octanol–water partition coefficient (Wildman–Crippen LogP) is 14.9. The number of unbranched alkanes of at least 4 members (excludes halogenated alkanes) is 8. The molecule has 0 saturated carbocycles. The van der Waals surface area contributed by atoms with E-state index in [1.54, 1.807) is 22.7 Å². The first kappa shape index (κ1) is 45.9. The van der Waals surface area contributed by atoms with E-state index in [4.69, 9.17) is 0 Å². The van der Waals surface area contributed by atoms with Gasteiger partial charge in [0.1, 0.15) is 0 Å². The van der Waals surface area contributed by atoms with Crippen LogP contribution in [0.15, 0.2) is 96.1 Å². The van der Waals surface area contributed by atoms with Crippen molar-refractivity contribution < 1.29 is 9.59 Å². The normalized spacial score (nSPS) is 15.4. The third kappa shape index (κ3) is 10.2. The van der Waals surface area contributed by atoms with Crippen LogP contribution >= 0.6 is 22.7 Å². The molecule has 6 heterocycles. The molecule has 0 N–H and O–H groups in total. The second-order valence-electron chi connectivity index (χ2n) is 17.6. The summed E-state index contributed by atoms with van der Waals surface area (Å²) in [7, 11) is 0. The molecule has 0 saturated heterocycles. The number of carbonyl (C=O) groups is 2. The summed E-state index contributed by atoms with van der Waals surface area (Å²) in [5.41, 5.74) is 3.08. The SMILES string of the molecule is CCCCCCC(CCCC)CN1C(=O)C2=C(c3ccc(-c4cc5ccccc5[te]4)s3)N(CC(CCCC)CCCCCC)C(=O)C2=C1c1ccc(-c2cc3ccccc3[te]2)s1. The van der Waals surface area contributed by atoms with Crippen molar-refractivity contribution in [3.05, 3.63) is 106 Å². The van der Waals surface area contributed by atoms with Crippen LogP contribution in [0.4, 0.5) is 0 Å². The van der Waals surface area contributed by atoms with E-state index in [9.17, 15) is 0 Å². The predicted molar refractivity (Wildman–Crippen MR) is 269 cm³/mol. The Hall–Kier alpha value is -2.68. The maximum absolute atomic E-state index is 15.6. The molecule has 2 aliphatic heterocycles. The van der Waals surface area contributed by atoms with Crippen LogP contribution in [0.25, 0.3) is 45.9 Å². The topological polar surface area (TPSA) is 40.6 Å². The zero-order valence-electron chi connectivity index (χ0n) is 37.3. The number of thiophene rings is 2. The fraction of sp³-hybridized carbons (Fsp3) is 0.444. The molecule has 8 heteroatoms. The van der Waals surface area contributed by atoms with Gasteiger partial charge in [-0.2, -0.15) is 0 Å². The van der Waals surface area contributed by atoms with E-state index >= 15 is 9.59 Å². The molecule has 2 aliphatic rings. The Morgan fingerprint density at radius 3 is 1.26 bits per heavy atom. The molecule has 4 aromatic heterocycles. The standard InChI is InChI=1S/C54H64N2O2S2Te2/c1-5-9-13-15-23-37(21-11-7-3)35-55-51(43-31-29-41(59-43)47-33-39-25-17-19-27-45(39)61-47)49-50(53(55)57)52(56(54(49)58)36-38(22-12-8-4)24-16-14-10-6-2)44-32-30-42(60-44)48-34-40-26-18-20-28-46(40)62-48/h17-20,25-34,37-38H,5-16,21-24,35-36H2,1-4H3. The molecular formula is C54H64N2O2S2Te2. The van der Waals surface area contributed by atoms with E-state index in [1.807, 2.05) is 0 Å². The van der Waals surface area contributed by atoms with Crippen molar-refractivity contribution in [2.75, 3.05) is 13.1 Å². The van der Waals surface area contributed by atoms with Crippen molar-refractivity contribution in [3.63, 3.8) is 0 Å². The van der Waals surface area contributed by atoms with Crippen LogP contribution < -0.4 is 0 Å². The van der Waals surface area contributed by atoms with E-state index in [2.05, 4.69) is 122 Å². The molecule has 0 aliphatic carbocycles. The third-order valence-electron chi connectivity index (χ3n) is 12.9. The second kappa shape index (κ2) is 22.0. The minimum atomic E-state index is -0.511. The van der Waals surface area contributed by atoms with Crippen molar-refractivity contribution >= 4 is 104 Å². The van der Waals surface area contributed by atoms with Crippen LogP contribution in [0.1, 0.15) is 140 Å². The van der Waals surface area contributed by atoms with Gasteiger partial charge in [-0.05, 0) is 0 Å². The van der Waals surface area contributed by atoms with Gasteiger partial charge >= 0.3 is 375 Å². The van der Waals surface area contributed by atoms with Crippen LogP contribution in [-0.4, -0.2) is 75.6 Å². The van der Waals surface area contributed by atoms with Gasteiger partial charge in [0.05, 0.1) is 0 Å². The van der Waals surface area contributed by atoms with E-state index in [-0.39, 0.29) is 11.8 Å². The molecule has 62 heavy (non-hydrogen) atoms. The van der Waals surface area contributed by atoms with E-state index in [0.717, 1.165) is 72.5 Å². The Morgan fingerprint density at radius 2 is 0.855 bits per heavy atom. The fourth-order valence-corrected chi connectivity index (χ4v) is 18.4. The molecule has 2 amide bonds. The molecule has 2 aromatic carbocycles. The number of carbonyl (C=O) groups excluding carboxylic acids is 2. The Kier molecular flexibility index (Phi) is 16.3. The molecule has 2 unspecified atom stereocenters. The molecular weight excluding hydrogens is 1030 g/mol. The van der Waals surface area contributed by atoms with Crippen molar-refractivity contribution in [1.82, 2.24) is 9.80 Å². The van der Waals surface area contributed by atoms with Crippen LogP contribution in [0, 0.1) is 11.8 Å². The second-order valence-corrected chi connectivity index (χ2v) is 26.0. The molecule has 0 bridgehead atoms. The molecule has 0 radical (unpaired) electrons. The Bertz CT molecular complexity index is 2290. The Balaban J connectivity index is 1.25. The first-order chi connectivity index (χ1) is 30.4. The molecule has 2 atom stereocenters. The number of benzene rings is 2.